The normalized spacial score (nSPS) is 19.2. The molecule has 0 aliphatic carbocycles. The number of hydrogen-bond acceptors (Lipinski definition) is 5. The molecule has 28 heavy (non-hydrogen) atoms. The molecular formula is C20H27N3O3S2. The summed E-state index contributed by atoms with van der Waals surface area (Å²) in [6.45, 7) is 2.16. The second-order valence-electron chi connectivity index (χ2n) is 7.21. The van der Waals surface area contributed by atoms with Crippen molar-refractivity contribution in [2.45, 2.75) is 31.3 Å². The van der Waals surface area contributed by atoms with Crippen molar-refractivity contribution in [3.8, 4) is 0 Å². The third kappa shape index (κ3) is 6.41. The van der Waals surface area contributed by atoms with Gasteiger partial charge < -0.3 is 10.2 Å². The fourth-order valence-corrected chi connectivity index (χ4v) is 5.17. The molecule has 2 heterocycles. The van der Waals surface area contributed by atoms with Gasteiger partial charge in [0.1, 0.15) is 0 Å². The quantitative estimate of drug-likeness (QED) is 0.686. The highest BCUT2D eigenvalue weighted by Gasteiger charge is 2.23. The number of sulfonamides is 1. The van der Waals surface area contributed by atoms with Crippen LogP contribution in [0, 0.1) is 0 Å². The highest BCUT2D eigenvalue weighted by molar-refractivity contribution is 7.88. The van der Waals surface area contributed by atoms with Gasteiger partial charge in [-0.25, -0.2) is 13.1 Å². The van der Waals surface area contributed by atoms with Crippen LogP contribution in [-0.4, -0.2) is 51.2 Å². The number of thiophene rings is 1. The maximum atomic E-state index is 12.6. The zero-order chi connectivity index (χ0) is 20.0. The average Bonchev–Trinajstić information content (AvgIpc) is 3.18. The number of likely N-dealkylation sites (tertiary alicyclic amines) is 1. The Hall–Kier alpha value is -1.74. The lowest BCUT2D eigenvalue weighted by Gasteiger charge is -2.32. The molecule has 2 aromatic rings. The zero-order valence-corrected chi connectivity index (χ0v) is 17.6. The maximum absolute atomic E-state index is 12.6. The number of hydrogen-bond donors (Lipinski definition) is 2. The molecule has 0 bridgehead atoms. The van der Waals surface area contributed by atoms with Gasteiger partial charge in [-0.2, -0.15) is 0 Å². The number of nitrogens with one attached hydrogen (secondary N) is 2. The van der Waals surface area contributed by atoms with Crippen LogP contribution in [0.15, 0.2) is 47.8 Å². The molecule has 0 spiro atoms. The van der Waals surface area contributed by atoms with Gasteiger partial charge in [-0.15, -0.1) is 11.3 Å². The molecule has 2 N–H and O–H groups in total. The number of amides is 1. The minimum atomic E-state index is -3.20. The van der Waals surface area contributed by atoms with Gasteiger partial charge in [0, 0.05) is 30.4 Å². The van der Waals surface area contributed by atoms with E-state index in [2.05, 4.69) is 14.9 Å². The number of carbonyl (C=O) groups excluding carboxylic acids is 1. The summed E-state index contributed by atoms with van der Waals surface area (Å²) in [5.41, 5.74) is 1.06. The number of carbonyl (C=O) groups is 1. The first-order valence-corrected chi connectivity index (χ1v) is 12.3. The fourth-order valence-electron chi connectivity index (χ4n) is 3.57. The van der Waals surface area contributed by atoms with Gasteiger partial charge in [0.05, 0.1) is 12.3 Å². The fraction of sp³-hybridized carbons (Fsp3) is 0.450. The summed E-state index contributed by atoms with van der Waals surface area (Å²) >= 11 is 1.63. The van der Waals surface area contributed by atoms with Crippen molar-refractivity contribution in [3.05, 3.63) is 58.3 Å². The van der Waals surface area contributed by atoms with Crippen molar-refractivity contribution < 1.29 is 13.2 Å². The molecule has 2 unspecified atom stereocenters. The second kappa shape index (κ2) is 9.65. The minimum Gasteiger partial charge on any atom is -0.344 e. The molecule has 6 nitrogen and oxygen atoms in total. The third-order valence-corrected chi connectivity index (χ3v) is 6.51. The van der Waals surface area contributed by atoms with E-state index in [1.165, 1.54) is 6.26 Å². The van der Waals surface area contributed by atoms with Crippen LogP contribution in [-0.2, 0) is 14.8 Å². The van der Waals surface area contributed by atoms with Gasteiger partial charge >= 0.3 is 0 Å². The van der Waals surface area contributed by atoms with Crippen molar-refractivity contribution in [1.29, 1.82) is 0 Å². The van der Waals surface area contributed by atoms with Crippen LogP contribution in [0.2, 0.25) is 0 Å². The molecule has 1 fully saturated rings. The van der Waals surface area contributed by atoms with E-state index in [-0.39, 0.29) is 18.0 Å². The number of nitrogens with zero attached hydrogens (tertiary/aromatic N) is 1. The molecule has 3 rings (SSSR count). The zero-order valence-electron chi connectivity index (χ0n) is 16.0. The predicted molar refractivity (Wildman–Crippen MR) is 113 cm³/mol. The molecule has 1 aromatic heterocycles. The van der Waals surface area contributed by atoms with Gasteiger partial charge in [0.15, 0.2) is 0 Å². The summed E-state index contributed by atoms with van der Waals surface area (Å²) in [5.74, 6) is 0.000416. The Labute approximate surface area is 171 Å². The van der Waals surface area contributed by atoms with Crippen LogP contribution in [0.1, 0.15) is 35.7 Å². The Morgan fingerprint density at radius 2 is 2.04 bits per heavy atom. The molecule has 1 aliphatic rings. The van der Waals surface area contributed by atoms with Crippen LogP contribution in [0.5, 0.6) is 0 Å². The Bertz CT molecular complexity index is 854. The smallest absolute Gasteiger partial charge is 0.222 e. The first-order valence-electron chi connectivity index (χ1n) is 9.48. The molecular weight excluding hydrogens is 394 g/mol. The Morgan fingerprint density at radius 3 is 2.71 bits per heavy atom. The molecule has 2 atom stereocenters. The summed E-state index contributed by atoms with van der Waals surface area (Å²) in [6.07, 6.45) is 3.34. The monoisotopic (exact) mass is 421 g/mol. The summed E-state index contributed by atoms with van der Waals surface area (Å²) in [7, 11) is -3.20. The molecule has 1 aromatic carbocycles. The van der Waals surface area contributed by atoms with Crippen LogP contribution in [0.3, 0.4) is 0 Å². The van der Waals surface area contributed by atoms with Crippen molar-refractivity contribution in [2.75, 3.05) is 25.9 Å². The van der Waals surface area contributed by atoms with E-state index in [1.54, 1.807) is 11.3 Å². The van der Waals surface area contributed by atoms with Crippen molar-refractivity contribution in [1.82, 2.24) is 14.9 Å². The van der Waals surface area contributed by atoms with E-state index in [1.807, 2.05) is 47.8 Å². The van der Waals surface area contributed by atoms with Gasteiger partial charge in [0.25, 0.3) is 0 Å². The molecule has 1 saturated heterocycles. The summed E-state index contributed by atoms with van der Waals surface area (Å²) in [4.78, 5) is 15.9. The molecule has 8 heteroatoms. The SMILES string of the molecule is CS(=O)(=O)NC1CCCN(CCC(=O)NC(c2ccccc2)c2cccs2)C1. The predicted octanol–water partition coefficient (Wildman–Crippen LogP) is 2.36. The molecule has 0 saturated carbocycles. The average molecular weight is 422 g/mol. The lowest BCUT2D eigenvalue weighted by atomic mass is 10.0. The third-order valence-electron chi connectivity index (χ3n) is 4.81. The van der Waals surface area contributed by atoms with Crippen molar-refractivity contribution in [3.63, 3.8) is 0 Å². The first kappa shape index (κ1) is 21.0. The largest absolute Gasteiger partial charge is 0.344 e. The van der Waals surface area contributed by atoms with E-state index in [4.69, 9.17) is 0 Å². The van der Waals surface area contributed by atoms with E-state index >= 15 is 0 Å². The maximum Gasteiger partial charge on any atom is 0.222 e. The van der Waals surface area contributed by atoms with Gasteiger partial charge in [-0.05, 0) is 36.4 Å². The first-order chi connectivity index (χ1) is 13.4. The van der Waals surface area contributed by atoms with Crippen molar-refractivity contribution in [2.24, 2.45) is 0 Å². The minimum absolute atomic E-state index is 0.000416. The van der Waals surface area contributed by atoms with Gasteiger partial charge in [-0.1, -0.05) is 36.4 Å². The van der Waals surface area contributed by atoms with E-state index in [9.17, 15) is 13.2 Å². The summed E-state index contributed by atoms with van der Waals surface area (Å²) < 4.78 is 25.6. The Kier molecular flexibility index (Phi) is 7.23. The van der Waals surface area contributed by atoms with Gasteiger partial charge in [-0.3, -0.25) is 4.79 Å². The number of benzene rings is 1. The van der Waals surface area contributed by atoms with E-state index in [0.717, 1.165) is 29.8 Å². The standard InChI is InChI=1S/C20H27N3O3S2/c1-28(25,26)22-17-9-5-12-23(15-17)13-11-19(24)21-20(18-10-6-14-27-18)16-7-3-2-4-8-16/h2-4,6-8,10,14,17,20,22H,5,9,11-13,15H2,1H3,(H,21,24). The molecule has 152 valence electrons. The highest BCUT2D eigenvalue weighted by Crippen LogP contribution is 2.26. The molecule has 1 amide bonds. The number of piperidine rings is 1. The van der Waals surface area contributed by atoms with Crippen molar-refractivity contribution >= 4 is 27.3 Å². The van der Waals surface area contributed by atoms with Crippen LogP contribution in [0.4, 0.5) is 0 Å². The highest BCUT2D eigenvalue weighted by atomic mass is 32.2. The summed E-state index contributed by atoms with van der Waals surface area (Å²) in [5, 5.41) is 5.17. The van der Waals surface area contributed by atoms with E-state index in [0.29, 0.717) is 19.5 Å². The lowest BCUT2D eigenvalue weighted by Crippen LogP contribution is -2.48. The van der Waals surface area contributed by atoms with Crippen LogP contribution in [0.25, 0.3) is 0 Å². The lowest BCUT2D eigenvalue weighted by molar-refractivity contribution is -0.122. The van der Waals surface area contributed by atoms with Crippen LogP contribution >= 0.6 is 11.3 Å². The van der Waals surface area contributed by atoms with Crippen LogP contribution < -0.4 is 10.0 Å². The number of rotatable bonds is 8. The second-order valence-corrected chi connectivity index (χ2v) is 9.97. The Morgan fingerprint density at radius 1 is 1.25 bits per heavy atom. The Balaban J connectivity index is 1.55. The molecule has 1 aliphatic heterocycles. The summed E-state index contributed by atoms with van der Waals surface area (Å²) in [6, 6.07) is 13.8. The van der Waals surface area contributed by atoms with E-state index < -0.39 is 10.0 Å². The topological polar surface area (TPSA) is 78.5 Å². The van der Waals surface area contributed by atoms with Gasteiger partial charge in [0.2, 0.25) is 15.9 Å². The molecule has 0 radical (unpaired) electrons.